The molecule has 0 aliphatic carbocycles. The van der Waals surface area contributed by atoms with Gasteiger partial charge >= 0.3 is 0 Å². The van der Waals surface area contributed by atoms with Crippen molar-refractivity contribution in [2.45, 2.75) is 64.0 Å². The van der Waals surface area contributed by atoms with Crippen molar-refractivity contribution in [1.82, 2.24) is 19.5 Å². The van der Waals surface area contributed by atoms with E-state index in [4.69, 9.17) is 24.5 Å². The molecule has 3 N–H and O–H groups in total. The van der Waals surface area contributed by atoms with Crippen molar-refractivity contribution in [3.05, 3.63) is 16.7 Å². The summed E-state index contributed by atoms with van der Waals surface area (Å²) in [5, 5.41) is 0. The van der Waals surface area contributed by atoms with Crippen LogP contribution in [-0.4, -0.2) is 63.3 Å². The third-order valence-corrected chi connectivity index (χ3v) is 6.58. The number of hydrogen-bond donors (Lipinski definition) is 2. The van der Waals surface area contributed by atoms with E-state index in [0.29, 0.717) is 0 Å². The van der Waals surface area contributed by atoms with Crippen molar-refractivity contribution in [3.63, 3.8) is 0 Å². The first kappa shape index (κ1) is 22.9. The van der Waals surface area contributed by atoms with Gasteiger partial charge in [0.25, 0.3) is 5.56 Å². The van der Waals surface area contributed by atoms with Crippen molar-refractivity contribution in [1.29, 1.82) is 0 Å². The predicted octanol–water partition coefficient (Wildman–Crippen LogP) is 0.386. The van der Waals surface area contributed by atoms with E-state index in [0.717, 1.165) is 0 Å². The third kappa shape index (κ3) is 4.43. The fourth-order valence-electron chi connectivity index (χ4n) is 3.15. The van der Waals surface area contributed by atoms with E-state index >= 15 is 0 Å². The number of fused-ring (bicyclic) bond motifs is 1. The van der Waals surface area contributed by atoms with Gasteiger partial charge in [-0.3, -0.25) is 14.3 Å². The summed E-state index contributed by atoms with van der Waals surface area (Å²) in [6.07, 6.45) is -2.17. The molecule has 0 radical (unpaired) electrons. The summed E-state index contributed by atoms with van der Waals surface area (Å²) in [5.41, 5.74) is 4.69. The largest absolute Gasteiger partial charge is 0.778 e. The maximum Gasteiger partial charge on any atom is 0.280 e. The number of nitrogens with two attached hydrogens (primary N) is 1. The molecule has 0 bridgehead atoms. The molecule has 0 aromatic carbocycles. The van der Waals surface area contributed by atoms with Crippen LogP contribution in [0.2, 0.25) is 0 Å². The zero-order valence-corrected chi connectivity index (χ0v) is 18.4. The molecule has 2 aromatic heterocycles. The number of ether oxygens (including phenoxy) is 3. The number of H-pyrrole nitrogens is 1. The highest BCUT2D eigenvalue weighted by Crippen LogP contribution is 2.48. The van der Waals surface area contributed by atoms with Crippen LogP contribution in [-0.2, 0) is 23.3 Å². The minimum absolute atomic E-state index is 0.0682. The van der Waals surface area contributed by atoms with E-state index in [1.807, 2.05) is 13.8 Å². The van der Waals surface area contributed by atoms with Gasteiger partial charge in [0.1, 0.15) is 25.9 Å². The first-order valence-corrected chi connectivity index (χ1v) is 11.2. The Balaban J connectivity index is 2.01. The van der Waals surface area contributed by atoms with Crippen molar-refractivity contribution in [2.75, 3.05) is 19.5 Å². The van der Waals surface area contributed by atoms with E-state index < -0.39 is 43.4 Å². The fraction of sp³-hybridized carbons (Fsp3) is 0.706. The van der Waals surface area contributed by atoms with Crippen LogP contribution in [0, 0.1) is 0 Å². The number of aromatic amines is 1. The van der Waals surface area contributed by atoms with Gasteiger partial charge in [0.2, 0.25) is 5.95 Å². The lowest BCUT2D eigenvalue weighted by Crippen LogP contribution is -2.39. The van der Waals surface area contributed by atoms with Gasteiger partial charge in [-0.1, -0.05) is 13.8 Å². The highest BCUT2D eigenvalue weighted by atomic mass is 31.2. The maximum atomic E-state index is 12.5. The minimum Gasteiger partial charge on any atom is -0.778 e. The molecule has 1 fully saturated rings. The number of methoxy groups -OCH3 is 1. The number of nitrogens with zero attached hydrogens (tertiary/aromatic N) is 3. The molecule has 168 valence electrons. The first-order chi connectivity index (χ1) is 14.0. The van der Waals surface area contributed by atoms with Gasteiger partial charge in [0, 0.05) is 12.8 Å². The van der Waals surface area contributed by atoms with Crippen LogP contribution in [0.5, 0.6) is 0 Å². The molecule has 12 nitrogen and oxygen atoms in total. The van der Waals surface area contributed by atoms with Crippen LogP contribution >= 0.6 is 7.60 Å². The molecule has 3 rings (SSSR count). The van der Waals surface area contributed by atoms with Gasteiger partial charge in [0.15, 0.2) is 17.4 Å². The summed E-state index contributed by atoms with van der Waals surface area (Å²) in [6.45, 7) is 6.85. The molecular weight excluding hydrogens is 417 g/mol. The van der Waals surface area contributed by atoms with E-state index in [2.05, 4.69) is 15.0 Å². The second kappa shape index (κ2) is 8.74. The Kier molecular flexibility index (Phi) is 6.66. The Morgan fingerprint density at radius 3 is 2.67 bits per heavy atom. The van der Waals surface area contributed by atoms with Gasteiger partial charge < -0.3 is 33.9 Å². The molecule has 0 saturated carbocycles. The molecule has 2 aromatic rings. The molecule has 1 aliphatic rings. The topological polar surface area (TPSA) is 167 Å². The van der Waals surface area contributed by atoms with Gasteiger partial charge in [-0.2, -0.15) is 4.98 Å². The Labute approximate surface area is 173 Å². The van der Waals surface area contributed by atoms with E-state index in [-0.39, 0.29) is 29.8 Å². The summed E-state index contributed by atoms with van der Waals surface area (Å²) in [6, 6.07) is 0. The van der Waals surface area contributed by atoms with Gasteiger partial charge in [-0.05, 0) is 13.8 Å². The van der Waals surface area contributed by atoms with Crippen LogP contribution in [0.25, 0.3) is 11.2 Å². The number of anilines is 1. The van der Waals surface area contributed by atoms with Crippen LogP contribution in [0.1, 0.15) is 33.9 Å². The van der Waals surface area contributed by atoms with Crippen molar-refractivity contribution < 1.29 is 28.2 Å². The number of rotatable bonds is 8. The number of imidazole rings is 1. The van der Waals surface area contributed by atoms with Crippen molar-refractivity contribution in [2.24, 2.45) is 0 Å². The van der Waals surface area contributed by atoms with Gasteiger partial charge in [-0.15, -0.1) is 0 Å². The minimum atomic E-state index is -4.20. The highest BCUT2D eigenvalue weighted by molar-refractivity contribution is 7.52. The van der Waals surface area contributed by atoms with Crippen molar-refractivity contribution >= 4 is 24.7 Å². The first-order valence-electron chi connectivity index (χ1n) is 9.56. The molecule has 0 spiro atoms. The van der Waals surface area contributed by atoms with Gasteiger partial charge in [0.05, 0.1) is 19.0 Å². The van der Waals surface area contributed by atoms with Gasteiger partial charge in [-0.25, -0.2) is 4.98 Å². The normalized spacial score (nSPS) is 26.7. The third-order valence-electron chi connectivity index (χ3n) is 4.78. The Bertz CT molecular complexity index is 991. The molecule has 3 heterocycles. The number of nitrogens with one attached hydrogen (secondary N) is 1. The molecule has 2 unspecified atom stereocenters. The molecular formula is C17H27N5O7P-. The quantitative estimate of drug-likeness (QED) is 0.543. The zero-order valence-electron chi connectivity index (χ0n) is 17.5. The number of aromatic nitrogens is 4. The fourth-order valence-corrected chi connectivity index (χ4v) is 3.99. The Morgan fingerprint density at radius 2 is 2.07 bits per heavy atom. The van der Waals surface area contributed by atoms with Crippen LogP contribution in [0.4, 0.5) is 5.95 Å². The molecule has 13 heteroatoms. The lowest BCUT2D eigenvalue weighted by Gasteiger charge is -2.33. The highest BCUT2D eigenvalue weighted by Gasteiger charge is 2.49. The molecule has 5 atom stereocenters. The number of hydrogen-bond acceptors (Lipinski definition) is 10. The van der Waals surface area contributed by atoms with E-state index in [1.54, 1.807) is 0 Å². The summed E-state index contributed by atoms with van der Waals surface area (Å²) < 4.78 is 36.8. The van der Waals surface area contributed by atoms with E-state index in [9.17, 15) is 14.3 Å². The lowest BCUT2D eigenvalue weighted by atomic mass is 10.1. The van der Waals surface area contributed by atoms with E-state index in [1.165, 1.54) is 31.9 Å². The lowest BCUT2D eigenvalue weighted by molar-refractivity contribution is -0.209. The van der Waals surface area contributed by atoms with Crippen LogP contribution in [0.15, 0.2) is 11.1 Å². The summed E-state index contributed by atoms with van der Waals surface area (Å²) in [4.78, 5) is 35.2. The molecule has 1 saturated heterocycles. The maximum absolute atomic E-state index is 12.5. The molecule has 0 amide bonds. The Morgan fingerprint density at radius 1 is 1.37 bits per heavy atom. The Hall–Kier alpha value is -1.82. The summed E-state index contributed by atoms with van der Waals surface area (Å²) >= 11 is 0. The van der Waals surface area contributed by atoms with Crippen LogP contribution in [0.3, 0.4) is 0 Å². The molecule has 30 heavy (non-hydrogen) atoms. The summed E-state index contributed by atoms with van der Waals surface area (Å²) in [7, 11) is -2.78. The average molecular weight is 444 g/mol. The average Bonchev–Trinajstić information content (AvgIpc) is 3.20. The number of nitrogen functional groups attached to an aromatic ring is 1. The second-order valence-electron chi connectivity index (χ2n) is 7.63. The predicted molar refractivity (Wildman–Crippen MR) is 106 cm³/mol. The zero-order chi connectivity index (χ0) is 22.2. The smallest absolute Gasteiger partial charge is 0.280 e. The monoisotopic (exact) mass is 444 g/mol. The summed E-state index contributed by atoms with van der Waals surface area (Å²) in [5.74, 6) is -0.0856. The van der Waals surface area contributed by atoms with Crippen LogP contribution < -0.4 is 16.2 Å². The molecule has 1 aliphatic heterocycles. The standard InChI is InChI=1S/C17H28N5O7P/c1-8(2)27-6-10-12(29-30(24,25)9(3)4)13(26-5)16(28-10)22-7-19-11-14(22)20-17(18)21-15(11)23/h7-10,12-13,16H,6H2,1-5H3,(H,24,25)(H3,18,20,21,23)/p-1/t10-,12+,13?,16-/m1/s1. The second-order valence-corrected chi connectivity index (χ2v) is 9.95. The SMILES string of the molecule is COC1[C@@H](OP(=O)([O-])C(C)C)[C@@H](COC(C)C)O[C@H]1n1cnc2c(=O)[nH]c(N)nc21. The van der Waals surface area contributed by atoms with Crippen molar-refractivity contribution in [3.8, 4) is 0 Å².